The fourth-order valence-corrected chi connectivity index (χ4v) is 3.16. The van der Waals surface area contributed by atoms with E-state index in [1.807, 2.05) is 19.1 Å². The molecule has 1 heterocycles. The largest absolute Gasteiger partial charge is 0.394 e. The van der Waals surface area contributed by atoms with Crippen LogP contribution in [0.4, 0.5) is 11.5 Å². The number of aromatic nitrogens is 2. The van der Waals surface area contributed by atoms with Gasteiger partial charge in [0.05, 0.1) is 5.69 Å². The lowest BCUT2D eigenvalue weighted by Gasteiger charge is -2.17. The van der Waals surface area contributed by atoms with Gasteiger partial charge in [-0.3, -0.25) is 0 Å². The number of rotatable bonds is 4. The van der Waals surface area contributed by atoms with E-state index in [0.29, 0.717) is 11.7 Å². The molecule has 1 aromatic rings. The van der Waals surface area contributed by atoms with E-state index < -0.39 is 0 Å². The Kier molecular flexibility index (Phi) is 4.23. The monoisotopic (exact) mass is 284 g/mol. The highest BCUT2D eigenvalue weighted by Crippen LogP contribution is 2.31. The van der Waals surface area contributed by atoms with E-state index in [-0.39, 0.29) is 0 Å². The van der Waals surface area contributed by atoms with Crippen molar-refractivity contribution in [3.63, 3.8) is 0 Å². The lowest BCUT2D eigenvalue weighted by Crippen LogP contribution is -2.18. The van der Waals surface area contributed by atoms with Crippen molar-refractivity contribution in [2.24, 2.45) is 0 Å². The maximum Gasteiger partial charge on any atom is 0.157 e. The minimum atomic E-state index is 0.506. The number of nitrogens with zero attached hydrogens (tertiary/aromatic N) is 2. The minimum Gasteiger partial charge on any atom is -0.394 e. The number of nitrogens with one attached hydrogen (secondary N) is 1. The van der Waals surface area contributed by atoms with Crippen molar-refractivity contribution in [2.45, 2.75) is 57.9 Å². The average Bonchev–Trinajstić information content (AvgIpc) is 3.16. The zero-order chi connectivity index (χ0) is 14.7. The Bertz CT molecular complexity index is 568. The quantitative estimate of drug-likeness (QED) is 0.876. The summed E-state index contributed by atoms with van der Waals surface area (Å²) in [5, 5.41) is 3.53. The first-order valence-electron chi connectivity index (χ1n) is 8.04. The molecule has 3 N–H and O–H groups in total. The molecule has 0 bridgehead atoms. The molecular weight excluding hydrogens is 260 g/mol. The highest BCUT2D eigenvalue weighted by Gasteiger charge is 2.19. The van der Waals surface area contributed by atoms with Gasteiger partial charge in [-0.1, -0.05) is 25.0 Å². The minimum absolute atomic E-state index is 0.506. The van der Waals surface area contributed by atoms with E-state index in [9.17, 15) is 0 Å². The summed E-state index contributed by atoms with van der Waals surface area (Å²) in [4.78, 5) is 9.36. The van der Waals surface area contributed by atoms with Gasteiger partial charge in [0.15, 0.2) is 11.6 Å². The van der Waals surface area contributed by atoms with Crippen molar-refractivity contribution in [2.75, 3.05) is 11.1 Å². The number of anilines is 2. The first-order chi connectivity index (χ1) is 10.3. The summed E-state index contributed by atoms with van der Waals surface area (Å²) in [5.74, 6) is 1.66. The van der Waals surface area contributed by atoms with Crippen molar-refractivity contribution in [3.8, 4) is 0 Å². The third-order valence-electron chi connectivity index (χ3n) is 4.32. The second kappa shape index (κ2) is 6.29. The van der Waals surface area contributed by atoms with Crippen LogP contribution in [0.1, 0.15) is 63.4 Å². The normalized spacial score (nSPS) is 19.4. The third kappa shape index (κ3) is 3.09. The Labute approximate surface area is 126 Å². The van der Waals surface area contributed by atoms with Gasteiger partial charge in [-0.25, -0.2) is 9.97 Å². The van der Waals surface area contributed by atoms with Crippen LogP contribution in [0.3, 0.4) is 0 Å². The SMILES string of the molecule is C/C=C\c1nc(C2=CCCC2)nc(NC2CCCC2)c1N. The molecule has 2 aliphatic rings. The summed E-state index contributed by atoms with van der Waals surface area (Å²) in [6.07, 6.45) is 14.6. The topological polar surface area (TPSA) is 63.8 Å². The number of hydrogen-bond acceptors (Lipinski definition) is 4. The molecule has 0 saturated heterocycles. The fourth-order valence-electron chi connectivity index (χ4n) is 3.16. The van der Waals surface area contributed by atoms with Crippen LogP contribution in [0.15, 0.2) is 12.2 Å². The van der Waals surface area contributed by atoms with Crippen LogP contribution in [-0.4, -0.2) is 16.0 Å². The van der Waals surface area contributed by atoms with Gasteiger partial charge < -0.3 is 11.1 Å². The maximum absolute atomic E-state index is 6.26. The summed E-state index contributed by atoms with van der Waals surface area (Å²) in [7, 11) is 0. The summed E-state index contributed by atoms with van der Waals surface area (Å²) in [6.45, 7) is 1.99. The molecule has 4 heteroatoms. The molecule has 3 rings (SSSR count). The summed E-state index contributed by atoms with van der Waals surface area (Å²) >= 11 is 0. The first-order valence-corrected chi connectivity index (χ1v) is 8.04. The van der Waals surface area contributed by atoms with Crippen LogP contribution in [0.5, 0.6) is 0 Å². The van der Waals surface area contributed by atoms with Crippen molar-refractivity contribution in [3.05, 3.63) is 23.7 Å². The molecule has 0 atom stereocenters. The zero-order valence-electron chi connectivity index (χ0n) is 12.7. The van der Waals surface area contributed by atoms with Crippen molar-refractivity contribution >= 4 is 23.2 Å². The van der Waals surface area contributed by atoms with E-state index in [1.54, 1.807) is 0 Å². The van der Waals surface area contributed by atoms with Crippen molar-refractivity contribution in [1.29, 1.82) is 0 Å². The van der Waals surface area contributed by atoms with Crippen LogP contribution in [0.2, 0.25) is 0 Å². The molecule has 112 valence electrons. The van der Waals surface area contributed by atoms with E-state index in [1.165, 1.54) is 37.7 Å². The lowest BCUT2D eigenvalue weighted by atomic mass is 10.2. The molecule has 0 radical (unpaired) electrons. The van der Waals surface area contributed by atoms with Crippen molar-refractivity contribution in [1.82, 2.24) is 9.97 Å². The molecule has 1 fully saturated rings. The van der Waals surface area contributed by atoms with Gasteiger partial charge in [0.1, 0.15) is 5.69 Å². The molecule has 0 unspecified atom stereocenters. The van der Waals surface area contributed by atoms with Crippen LogP contribution < -0.4 is 11.1 Å². The maximum atomic E-state index is 6.26. The molecule has 0 aliphatic heterocycles. The Balaban J connectivity index is 1.95. The van der Waals surface area contributed by atoms with Gasteiger partial charge in [0.2, 0.25) is 0 Å². The summed E-state index contributed by atoms with van der Waals surface area (Å²) in [6, 6.07) is 0.506. The second-order valence-corrected chi connectivity index (χ2v) is 5.94. The molecule has 4 nitrogen and oxygen atoms in total. The Hall–Kier alpha value is -1.84. The van der Waals surface area contributed by atoms with Crippen LogP contribution in [0, 0.1) is 0 Å². The van der Waals surface area contributed by atoms with E-state index in [2.05, 4.69) is 16.4 Å². The summed E-state index contributed by atoms with van der Waals surface area (Å²) in [5.41, 5.74) is 9.01. The van der Waals surface area contributed by atoms with Crippen molar-refractivity contribution < 1.29 is 0 Å². The number of allylic oxidation sites excluding steroid dienone is 3. The summed E-state index contributed by atoms with van der Waals surface area (Å²) < 4.78 is 0. The van der Waals surface area contributed by atoms with E-state index in [0.717, 1.165) is 30.2 Å². The molecule has 2 aliphatic carbocycles. The van der Waals surface area contributed by atoms with E-state index in [4.69, 9.17) is 10.7 Å². The van der Waals surface area contributed by atoms with Crippen LogP contribution in [0.25, 0.3) is 11.6 Å². The van der Waals surface area contributed by atoms with Gasteiger partial charge >= 0.3 is 0 Å². The number of nitrogens with two attached hydrogens (primary N) is 1. The first kappa shape index (κ1) is 14.1. The zero-order valence-corrected chi connectivity index (χ0v) is 12.7. The second-order valence-electron chi connectivity index (χ2n) is 5.94. The molecule has 0 spiro atoms. The van der Waals surface area contributed by atoms with E-state index >= 15 is 0 Å². The standard InChI is InChI=1S/C17H24N4/c1-2-7-14-15(18)17(19-13-10-5-6-11-13)21-16(20-14)12-8-3-4-9-12/h2,7-8,13H,3-6,9-11,18H2,1H3,(H,19,20,21)/b7-2-. The van der Waals surface area contributed by atoms with Gasteiger partial charge in [-0.2, -0.15) is 0 Å². The Morgan fingerprint density at radius 3 is 2.71 bits per heavy atom. The predicted molar refractivity (Wildman–Crippen MR) is 88.9 cm³/mol. The third-order valence-corrected chi connectivity index (χ3v) is 4.32. The lowest BCUT2D eigenvalue weighted by molar-refractivity contribution is 0.749. The number of hydrogen-bond donors (Lipinski definition) is 2. The molecular formula is C17H24N4. The van der Waals surface area contributed by atoms with Gasteiger partial charge in [0, 0.05) is 6.04 Å². The molecule has 0 amide bonds. The molecule has 0 aromatic carbocycles. The number of nitrogen functional groups attached to an aromatic ring is 1. The van der Waals surface area contributed by atoms with Gasteiger partial charge in [-0.05, 0) is 50.7 Å². The Morgan fingerprint density at radius 2 is 2.05 bits per heavy atom. The van der Waals surface area contributed by atoms with Gasteiger partial charge in [-0.15, -0.1) is 0 Å². The average molecular weight is 284 g/mol. The fraction of sp³-hybridized carbons (Fsp3) is 0.529. The smallest absolute Gasteiger partial charge is 0.157 e. The predicted octanol–water partition coefficient (Wildman–Crippen LogP) is 4.01. The molecule has 1 aromatic heterocycles. The molecule has 21 heavy (non-hydrogen) atoms. The van der Waals surface area contributed by atoms with Crippen LogP contribution in [-0.2, 0) is 0 Å². The van der Waals surface area contributed by atoms with Gasteiger partial charge in [0.25, 0.3) is 0 Å². The highest BCUT2D eigenvalue weighted by molar-refractivity contribution is 5.75. The van der Waals surface area contributed by atoms with Crippen LogP contribution >= 0.6 is 0 Å². The highest BCUT2D eigenvalue weighted by atomic mass is 15.1. The molecule has 1 saturated carbocycles. The Morgan fingerprint density at radius 1 is 1.24 bits per heavy atom.